The Hall–Kier alpha value is -1.79. The van der Waals surface area contributed by atoms with Gasteiger partial charge in [0.05, 0.1) is 11.8 Å². The Labute approximate surface area is 265 Å². The van der Waals surface area contributed by atoms with Crippen molar-refractivity contribution in [3.63, 3.8) is 0 Å². The molecule has 1 fully saturated rings. The lowest BCUT2D eigenvalue weighted by Gasteiger charge is -2.45. The van der Waals surface area contributed by atoms with E-state index < -0.39 is 29.5 Å². The standard InChI is InChI=1S/C34H48F5NO3SSi/c1-33(2,3)45(6,7)43-27-21-34(4,5)20-26-29(27)28(22-10-8-9-11-22)30(31(40-26)23-16-18-42-19-17-23)32(41)24-12-14-25(15-13-24)44(35,36,37,38)39/h10,12-15,23,27,32,41H,8-9,11,16-21H2,1-7H3/t27-,32?/m0/s1. The molecule has 1 aromatic carbocycles. The number of allylic oxidation sites excluding steroid dienone is 2. The summed E-state index contributed by atoms with van der Waals surface area (Å²) in [5.41, 5.74) is 5.22. The van der Waals surface area contributed by atoms with Gasteiger partial charge in [-0.05, 0) is 97.3 Å². The van der Waals surface area contributed by atoms with Gasteiger partial charge in [0.25, 0.3) is 0 Å². The molecule has 1 aromatic heterocycles. The molecule has 5 rings (SSSR count). The quantitative estimate of drug-likeness (QED) is 0.235. The highest BCUT2D eigenvalue weighted by atomic mass is 32.5. The van der Waals surface area contributed by atoms with Crippen molar-refractivity contribution in [2.24, 2.45) is 5.41 Å². The molecule has 0 spiro atoms. The lowest BCUT2D eigenvalue weighted by molar-refractivity contribution is 0.0828. The second-order valence-electron chi connectivity index (χ2n) is 15.5. The number of aliphatic hydroxyl groups excluding tert-OH is 1. The average molecular weight is 674 g/mol. The van der Waals surface area contributed by atoms with E-state index in [1.807, 2.05) is 0 Å². The van der Waals surface area contributed by atoms with Crippen LogP contribution in [0.15, 0.2) is 35.2 Å². The fourth-order valence-electron chi connectivity index (χ4n) is 6.80. The maximum Gasteiger partial charge on any atom is 0.310 e. The highest BCUT2D eigenvalue weighted by Gasteiger charge is 2.65. The average Bonchev–Trinajstić information content (AvgIpc) is 3.44. The van der Waals surface area contributed by atoms with Crippen LogP contribution in [0, 0.1) is 5.41 Å². The monoisotopic (exact) mass is 673 g/mol. The molecule has 2 atom stereocenters. The molecule has 1 saturated heterocycles. The minimum absolute atomic E-state index is 0.0248. The zero-order valence-electron chi connectivity index (χ0n) is 27.5. The third kappa shape index (κ3) is 7.22. The number of aromatic nitrogens is 1. The fraction of sp³-hybridized carbons (Fsp3) is 0.618. The van der Waals surface area contributed by atoms with E-state index in [1.54, 1.807) is 0 Å². The first-order chi connectivity index (χ1) is 20.5. The zero-order valence-corrected chi connectivity index (χ0v) is 29.3. The van der Waals surface area contributed by atoms with Crippen molar-refractivity contribution >= 4 is 24.1 Å². The molecule has 3 aliphatic rings. The molecule has 11 heteroatoms. The van der Waals surface area contributed by atoms with Gasteiger partial charge >= 0.3 is 10.2 Å². The highest BCUT2D eigenvalue weighted by molar-refractivity contribution is 8.45. The van der Waals surface area contributed by atoms with E-state index in [0.717, 1.165) is 72.3 Å². The summed E-state index contributed by atoms with van der Waals surface area (Å²) in [7, 11) is -12.2. The molecular weight excluding hydrogens is 626 g/mol. The van der Waals surface area contributed by atoms with Gasteiger partial charge in [-0.3, -0.25) is 4.98 Å². The smallest absolute Gasteiger partial charge is 0.310 e. The number of benzene rings is 1. The molecule has 4 nitrogen and oxygen atoms in total. The van der Waals surface area contributed by atoms with Crippen LogP contribution >= 0.6 is 10.2 Å². The number of hydrogen-bond acceptors (Lipinski definition) is 4. The van der Waals surface area contributed by atoms with E-state index in [2.05, 4.69) is 53.8 Å². The number of ether oxygens (including phenoxy) is 1. The largest absolute Gasteiger partial charge is 0.410 e. The number of nitrogens with zero attached hydrogens (tertiary/aromatic N) is 1. The third-order valence-electron chi connectivity index (χ3n) is 10.2. The van der Waals surface area contributed by atoms with Crippen molar-refractivity contribution < 1.29 is 33.7 Å². The fourth-order valence-corrected chi connectivity index (χ4v) is 8.72. The first kappa shape index (κ1) is 34.5. The number of aliphatic hydroxyl groups is 1. The van der Waals surface area contributed by atoms with E-state index in [4.69, 9.17) is 14.1 Å². The normalized spacial score (nSPS) is 23.6. The van der Waals surface area contributed by atoms with Gasteiger partial charge in [-0.25, -0.2) is 0 Å². The molecule has 0 radical (unpaired) electrons. The van der Waals surface area contributed by atoms with Crippen LogP contribution in [0.1, 0.15) is 125 Å². The van der Waals surface area contributed by atoms with Gasteiger partial charge < -0.3 is 14.3 Å². The lowest BCUT2D eigenvalue weighted by atomic mass is 9.71. The lowest BCUT2D eigenvalue weighted by Crippen LogP contribution is -2.44. The Bertz CT molecular complexity index is 1480. The van der Waals surface area contributed by atoms with Crippen LogP contribution in [0.2, 0.25) is 18.1 Å². The van der Waals surface area contributed by atoms with Crippen LogP contribution in [0.5, 0.6) is 0 Å². The van der Waals surface area contributed by atoms with E-state index in [1.165, 1.54) is 0 Å². The van der Waals surface area contributed by atoms with Crippen molar-refractivity contribution in [1.82, 2.24) is 4.98 Å². The summed E-state index contributed by atoms with van der Waals surface area (Å²) in [6.45, 7) is 16.6. The van der Waals surface area contributed by atoms with Gasteiger partial charge in [0.2, 0.25) is 0 Å². The summed E-state index contributed by atoms with van der Waals surface area (Å²) in [4.78, 5) is 3.36. The molecule has 0 saturated carbocycles. The summed E-state index contributed by atoms with van der Waals surface area (Å²) in [6, 6.07) is 2.73. The molecule has 1 aliphatic heterocycles. The third-order valence-corrected chi connectivity index (χ3v) is 15.9. The molecule has 2 aromatic rings. The van der Waals surface area contributed by atoms with Gasteiger partial charge in [-0.2, -0.15) is 0 Å². The molecule has 45 heavy (non-hydrogen) atoms. The van der Waals surface area contributed by atoms with Crippen molar-refractivity contribution in [3.8, 4) is 0 Å². The zero-order chi connectivity index (χ0) is 33.3. The SMILES string of the molecule is CC1(C)Cc2nc(C3CCOCC3)c(C(O)c3ccc(S(F)(F)(F)(F)F)cc3)c(C3=CCCC3)c2[C@@H](O[Si](C)(C)C(C)(C)C)C1. The Kier molecular flexibility index (Phi) is 8.34. The first-order valence-corrected chi connectivity index (χ1v) is 20.9. The Morgan fingerprint density at radius 2 is 1.67 bits per heavy atom. The van der Waals surface area contributed by atoms with Crippen molar-refractivity contribution in [2.75, 3.05) is 13.2 Å². The Morgan fingerprint density at radius 3 is 2.20 bits per heavy atom. The second-order valence-corrected chi connectivity index (χ2v) is 22.7. The summed E-state index contributed by atoms with van der Waals surface area (Å²) >= 11 is 0. The number of rotatable bonds is 7. The first-order valence-electron chi connectivity index (χ1n) is 16.0. The van der Waals surface area contributed by atoms with Gasteiger partial charge in [-0.1, -0.05) is 72.3 Å². The van der Waals surface area contributed by atoms with Crippen LogP contribution in [0.25, 0.3) is 5.57 Å². The molecule has 1 N–H and O–H groups in total. The summed E-state index contributed by atoms with van der Waals surface area (Å²) in [5.74, 6) is -0.0248. The van der Waals surface area contributed by atoms with Gasteiger partial charge in [-0.15, -0.1) is 0 Å². The molecule has 1 unspecified atom stereocenters. The minimum Gasteiger partial charge on any atom is -0.410 e. The number of hydrogen-bond donors (Lipinski definition) is 1. The molecule has 0 bridgehead atoms. The predicted molar refractivity (Wildman–Crippen MR) is 174 cm³/mol. The number of halogens is 5. The topological polar surface area (TPSA) is 51.6 Å². The maximum absolute atomic E-state index is 13.6. The molecule has 0 amide bonds. The minimum atomic E-state index is -9.87. The van der Waals surface area contributed by atoms with E-state index in [9.17, 15) is 24.5 Å². The van der Waals surface area contributed by atoms with Crippen molar-refractivity contribution in [1.29, 1.82) is 0 Å². The van der Waals surface area contributed by atoms with Gasteiger partial charge in [0.15, 0.2) is 8.32 Å². The predicted octanol–water partition coefficient (Wildman–Crippen LogP) is 11.3. The molecular formula is C34H48F5NO3SSi. The van der Waals surface area contributed by atoms with Gasteiger partial charge in [0.1, 0.15) is 11.0 Å². The summed E-state index contributed by atoms with van der Waals surface area (Å²) < 4.78 is 80.8. The summed E-state index contributed by atoms with van der Waals surface area (Å²) in [5, 5.41) is 12.1. The van der Waals surface area contributed by atoms with Crippen molar-refractivity contribution in [3.05, 3.63) is 64.0 Å². The van der Waals surface area contributed by atoms with Crippen molar-refractivity contribution in [2.45, 2.75) is 121 Å². The molecule has 2 heterocycles. The van der Waals surface area contributed by atoms with Gasteiger partial charge in [0, 0.05) is 36.0 Å². The van der Waals surface area contributed by atoms with E-state index in [-0.39, 0.29) is 28.0 Å². The van der Waals surface area contributed by atoms with E-state index in [0.29, 0.717) is 43.8 Å². The second kappa shape index (κ2) is 10.9. The Balaban J connectivity index is 1.77. The van der Waals surface area contributed by atoms with Crippen LogP contribution in [0.3, 0.4) is 0 Å². The van der Waals surface area contributed by atoms with Crippen LogP contribution in [-0.2, 0) is 15.6 Å². The Morgan fingerprint density at radius 1 is 1.04 bits per heavy atom. The van der Waals surface area contributed by atoms with Crippen LogP contribution in [-0.4, -0.2) is 31.6 Å². The maximum atomic E-state index is 13.6. The molecule has 252 valence electrons. The number of pyridine rings is 1. The van der Waals surface area contributed by atoms with Crippen LogP contribution in [0.4, 0.5) is 19.4 Å². The molecule has 2 aliphatic carbocycles. The van der Waals surface area contributed by atoms with E-state index >= 15 is 0 Å². The van der Waals surface area contributed by atoms with Crippen LogP contribution < -0.4 is 0 Å². The number of fused-ring (bicyclic) bond motifs is 1. The summed E-state index contributed by atoms with van der Waals surface area (Å²) in [6.07, 6.45) is 6.05. The highest BCUT2D eigenvalue weighted by Crippen LogP contribution is 3.02.